The predicted molar refractivity (Wildman–Crippen MR) is 74.0 cm³/mol. The topological polar surface area (TPSA) is 57.6 Å². The van der Waals surface area contributed by atoms with Crippen LogP contribution in [0.2, 0.25) is 0 Å². The molecule has 1 N–H and O–H groups in total. The summed E-state index contributed by atoms with van der Waals surface area (Å²) in [5.74, 6) is -1.76. The zero-order valence-electron chi connectivity index (χ0n) is 11.8. The molecule has 4 nitrogen and oxygen atoms in total. The molecule has 2 atom stereocenters. The summed E-state index contributed by atoms with van der Waals surface area (Å²) in [6.45, 7) is 5.03. The van der Waals surface area contributed by atoms with Crippen LogP contribution in [0.4, 0.5) is 0 Å². The van der Waals surface area contributed by atoms with E-state index in [-0.39, 0.29) is 11.8 Å². The van der Waals surface area contributed by atoms with Crippen molar-refractivity contribution in [2.45, 2.75) is 26.8 Å². The second-order valence-corrected chi connectivity index (χ2v) is 6.39. The summed E-state index contributed by atoms with van der Waals surface area (Å²) in [5, 5.41) is 9.19. The van der Waals surface area contributed by atoms with Crippen LogP contribution in [0.15, 0.2) is 24.3 Å². The Labute approximate surface area is 118 Å². The minimum absolute atomic E-state index is 0.00287. The van der Waals surface area contributed by atoms with Gasteiger partial charge in [-0.15, -0.1) is 0 Å². The largest absolute Gasteiger partial charge is 0.481 e. The van der Waals surface area contributed by atoms with E-state index in [1.165, 1.54) is 11.1 Å². The standard InChI is InChI=1S/C16H19NO3/c1-16(2)12(13(16)15(19)20)14(18)17-8-7-10-5-3-4-6-11(10)9-17/h3-6,12-13H,7-9H2,1-2H3,(H,19,20). The third kappa shape index (κ3) is 1.90. The molecule has 2 aliphatic rings. The number of carboxylic acid groups (broad SMARTS) is 1. The Hall–Kier alpha value is -1.84. The fourth-order valence-electron chi connectivity index (χ4n) is 3.44. The number of hydrogen-bond donors (Lipinski definition) is 1. The van der Waals surface area contributed by atoms with Gasteiger partial charge in [0.25, 0.3) is 0 Å². The molecular formula is C16H19NO3. The molecule has 20 heavy (non-hydrogen) atoms. The quantitative estimate of drug-likeness (QED) is 0.895. The summed E-state index contributed by atoms with van der Waals surface area (Å²) in [5.41, 5.74) is 2.05. The van der Waals surface area contributed by atoms with Gasteiger partial charge in [0.05, 0.1) is 11.8 Å². The Morgan fingerprint density at radius 1 is 1.20 bits per heavy atom. The van der Waals surface area contributed by atoms with E-state index in [0.29, 0.717) is 13.1 Å². The first-order chi connectivity index (χ1) is 9.43. The molecule has 0 bridgehead atoms. The van der Waals surface area contributed by atoms with Gasteiger partial charge in [0.15, 0.2) is 0 Å². The van der Waals surface area contributed by atoms with Crippen LogP contribution < -0.4 is 0 Å². The monoisotopic (exact) mass is 273 g/mol. The van der Waals surface area contributed by atoms with E-state index >= 15 is 0 Å². The number of fused-ring (bicyclic) bond motifs is 1. The summed E-state index contributed by atoms with van der Waals surface area (Å²) < 4.78 is 0. The smallest absolute Gasteiger partial charge is 0.307 e. The molecular weight excluding hydrogens is 254 g/mol. The average molecular weight is 273 g/mol. The number of aliphatic carboxylic acids is 1. The molecule has 1 aliphatic heterocycles. The molecule has 0 spiro atoms. The fourth-order valence-corrected chi connectivity index (χ4v) is 3.44. The van der Waals surface area contributed by atoms with Crippen LogP contribution in [-0.2, 0) is 22.6 Å². The molecule has 0 aromatic heterocycles. The van der Waals surface area contributed by atoms with Crippen LogP contribution in [0.25, 0.3) is 0 Å². The number of hydrogen-bond acceptors (Lipinski definition) is 2. The van der Waals surface area contributed by atoms with E-state index in [0.717, 1.165) is 6.42 Å². The van der Waals surface area contributed by atoms with Crippen LogP contribution in [0.1, 0.15) is 25.0 Å². The fraction of sp³-hybridized carbons (Fsp3) is 0.500. The average Bonchev–Trinajstić information content (AvgIpc) is 3.00. The molecule has 106 valence electrons. The molecule has 0 radical (unpaired) electrons. The van der Waals surface area contributed by atoms with Crippen LogP contribution in [-0.4, -0.2) is 28.4 Å². The summed E-state index contributed by atoms with van der Waals surface area (Å²) in [6.07, 6.45) is 0.854. The Kier molecular flexibility index (Phi) is 2.85. The maximum Gasteiger partial charge on any atom is 0.307 e. The molecule has 1 amide bonds. The first-order valence-corrected chi connectivity index (χ1v) is 7.01. The molecule has 1 heterocycles. The molecule has 0 saturated heterocycles. The van der Waals surface area contributed by atoms with Gasteiger partial charge in [0, 0.05) is 13.1 Å². The van der Waals surface area contributed by atoms with Gasteiger partial charge in [-0.1, -0.05) is 38.1 Å². The van der Waals surface area contributed by atoms with E-state index < -0.39 is 17.3 Å². The predicted octanol–water partition coefficient (Wildman–Crippen LogP) is 1.93. The number of carbonyl (C=O) groups excluding carboxylic acids is 1. The van der Waals surface area contributed by atoms with E-state index in [4.69, 9.17) is 0 Å². The summed E-state index contributed by atoms with van der Waals surface area (Å²) in [4.78, 5) is 25.6. The van der Waals surface area contributed by atoms with Crippen molar-refractivity contribution in [3.8, 4) is 0 Å². The Bertz CT molecular complexity index is 579. The number of amides is 1. The van der Waals surface area contributed by atoms with Crippen LogP contribution in [0, 0.1) is 17.3 Å². The second kappa shape index (κ2) is 4.33. The third-order valence-electron chi connectivity index (χ3n) is 4.80. The van der Waals surface area contributed by atoms with Gasteiger partial charge in [-0.05, 0) is 23.0 Å². The van der Waals surface area contributed by atoms with E-state index in [9.17, 15) is 14.7 Å². The van der Waals surface area contributed by atoms with Crippen molar-refractivity contribution in [2.24, 2.45) is 17.3 Å². The van der Waals surface area contributed by atoms with Gasteiger partial charge in [0.1, 0.15) is 0 Å². The lowest BCUT2D eigenvalue weighted by Gasteiger charge is -2.29. The minimum Gasteiger partial charge on any atom is -0.481 e. The highest BCUT2D eigenvalue weighted by atomic mass is 16.4. The number of carbonyl (C=O) groups is 2. The lowest BCUT2D eigenvalue weighted by atomic mass is 9.99. The molecule has 3 rings (SSSR count). The lowest BCUT2D eigenvalue weighted by Crippen LogP contribution is -2.38. The first-order valence-electron chi connectivity index (χ1n) is 7.01. The number of benzene rings is 1. The van der Waals surface area contributed by atoms with E-state index in [2.05, 4.69) is 6.07 Å². The van der Waals surface area contributed by atoms with Crippen LogP contribution in [0.5, 0.6) is 0 Å². The second-order valence-electron chi connectivity index (χ2n) is 6.39. The molecule has 1 aromatic carbocycles. The SMILES string of the molecule is CC1(C)C(C(=O)O)C1C(=O)N1CCc2ccccc2C1. The molecule has 2 unspecified atom stereocenters. The number of rotatable bonds is 2. The molecule has 1 aromatic rings. The summed E-state index contributed by atoms with van der Waals surface area (Å²) in [6, 6.07) is 8.13. The first kappa shape index (κ1) is 13.2. The van der Waals surface area contributed by atoms with Crippen LogP contribution >= 0.6 is 0 Å². The Morgan fingerprint density at radius 2 is 1.85 bits per heavy atom. The molecule has 1 aliphatic carbocycles. The van der Waals surface area contributed by atoms with Crippen molar-refractivity contribution in [3.05, 3.63) is 35.4 Å². The summed E-state index contributed by atoms with van der Waals surface area (Å²) >= 11 is 0. The maximum absolute atomic E-state index is 12.6. The molecule has 1 saturated carbocycles. The lowest BCUT2D eigenvalue weighted by molar-refractivity contribution is -0.142. The molecule has 4 heteroatoms. The molecule has 1 fully saturated rings. The van der Waals surface area contributed by atoms with Gasteiger partial charge < -0.3 is 10.0 Å². The van der Waals surface area contributed by atoms with Crippen LogP contribution in [0.3, 0.4) is 0 Å². The maximum atomic E-state index is 12.6. The normalized spacial score (nSPS) is 26.8. The van der Waals surface area contributed by atoms with Gasteiger partial charge in [0.2, 0.25) is 5.91 Å². The van der Waals surface area contributed by atoms with Crippen molar-refractivity contribution in [2.75, 3.05) is 6.54 Å². The highest BCUT2D eigenvalue weighted by molar-refractivity contribution is 5.91. The van der Waals surface area contributed by atoms with E-state index in [1.807, 2.05) is 36.9 Å². The van der Waals surface area contributed by atoms with Gasteiger partial charge in [-0.3, -0.25) is 9.59 Å². The van der Waals surface area contributed by atoms with Crippen molar-refractivity contribution < 1.29 is 14.7 Å². The highest BCUT2D eigenvalue weighted by Crippen LogP contribution is 2.59. The Morgan fingerprint density at radius 3 is 2.45 bits per heavy atom. The van der Waals surface area contributed by atoms with Gasteiger partial charge in [-0.25, -0.2) is 0 Å². The zero-order chi connectivity index (χ0) is 14.5. The number of carboxylic acids is 1. The Balaban J connectivity index is 1.76. The van der Waals surface area contributed by atoms with Crippen molar-refractivity contribution in [1.29, 1.82) is 0 Å². The van der Waals surface area contributed by atoms with Gasteiger partial charge >= 0.3 is 5.97 Å². The van der Waals surface area contributed by atoms with Crippen molar-refractivity contribution in [1.82, 2.24) is 4.90 Å². The third-order valence-corrected chi connectivity index (χ3v) is 4.80. The van der Waals surface area contributed by atoms with E-state index in [1.54, 1.807) is 0 Å². The highest BCUT2D eigenvalue weighted by Gasteiger charge is 2.66. The van der Waals surface area contributed by atoms with Crippen molar-refractivity contribution in [3.63, 3.8) is 0 Å². The van der Waals surface area contributed by atoms with Crippen molar-refractivity contribution >= 4 is 11.9 Å². The summed E-state index contributed by atoms with van der Waals surface area (Å²) in [7, 11) is 0. The number of nitrogens with zero attached hydrogens (tertiary/aromatic N) is 1. The minimum atomic E-state index is -0.856. The zero-order valence-corrected chi connectivity index (χ0v) is 11.8. The van der Waals surface area contributed by atoms with Gasteiger partial charge in [-0.2, -0.15) is 0 Å².